The lowest BCUT2D eigenvalue weighted by Crippen LogP contribution is -2.40. The fourth-order valence-electron chi connectivity index (χ4n) is 9.22. The van der Waals surface area contributed by atoms with Crippen LogP contribution >= 0.6 is 11.3 Å². The minimum absolute atomic E-state index is 0.206. The van der Waals surface area contributed by atoms with E-state index in [0.717, 1.165) is 67.8 Å². The third-order valence-corrected chi connectivity index (χ3v) is 11.9. The molecule has 46 heavy (non-hydrogen) atoms. The Kier molecular flexibility index (Phi) is 6.35. The van der Waals surface area contributed by atoms with Gasteiger partial charge in [0.05, 0.1) is 28.3 Å². The van der Waals surface area contributed by atoms with Gasteiger partial charge in [-0.2, -0.15) is 5.10 Å². The molecule has 6 aromatic rings. The number of fused-ring (bicyclic) bond motifs is 3. The van der Waals surface area contributed by atoms with Crippen molar-refractivity contribution in [3.63, 3.8) is 0 Å². The number of aromatic carboxylic acids is 1. The molecule has 4 fully saturated rings. The molecule has 4 aliphatic rings. The van der Waals surface area contributed by atoms with E-state index in [-0.39, 0.29) is 5.56 Å². The van der Waals surface area contributed by atoms with Crippen molar-refractivity contribution in [1.29, 1.82) is 0 Å². The normalized spacial score (nSPS) is 23.7. The zero-order valence-corrected chi connectivity index (χ0v) is 26.6. The van der Waals surface area contributed by atoms with Gasteiger partial charge in [-0.1, -0.05) is 48.4 Å². The Morgan fingerprint density at radius 1 is 0.978 bits per heavy atom. The molecule has 4 heterocycles. The second-order valence-corrected chi connectivity index (χ2v) is 15.0. The lowest BCUT2D eigenvalue weighted by molar-refractivity contribution is 0.0169. The molecular formula is C37H36N6O2S. The first-order valence-electron chi connectivity index (χ1n) is 16.4. The number of nitrogens with zero attached hydrogens (tertiary/aromatic N) is 5. The highest BCUT2D eigenvalue weighted by molar-refractivity contribution is 7.22. The van der Waals surface area contributed by atoms with Crippen LogP contribution < -0.4 is 5.32 Å². The van der Waals surface area contributed by atoms with E-state index in [4.69, 9.17) is 5.10 Å². The average molecular weight is 629 g/mol. The molecule has 2 unspecified atom stereocenters. The van der Waals surface area contributed by atoms with Gasteiger partial charge in [-0.3, -0.25) is 9.08 Å². The molecule has 0 amide bonds. The summed E-state index contributed by atoms with van der Waals surface area (Å²) in [6, 6.07) is 18.1. The molecule has 2 aromatic carbocycles. The molecule has 4 aromatic heterocycles. The monoisotopic (exact) mass is 628 g/mol. The number of hydrogen-bond acceptors (Lipinski definition) is 6. The van der Waals surface area contributed by atoms with Gasteiger partial charge in [0, 0.05) is 40.8 Å². The van der Waals surface area contributed by atoms with Gasteiger partial charge in [0.1, 0.15) is 5.56 Å². The summed E-state index contributed by atoms with van der Waals surface area (Å²) in [5.74, 6) is 1.61. The van der Waals surface area contributed by atoms with Crippen molar-refractivity contribution >= 4 is 44.0 Å². The molecule has 9 heteroatoms. The van der Waals surface area contributed by atoms with E-state index in [1.807, 2.05) is 65.3 Å². The topological polar surface area (TPSA) is 97.3 Å². The van der Waals surface area contributed by atoms with Crippen LogP contribution in [-0.4, -0.2) is 35.2 Å². The molecule has 4 aliphatic carbocycles. The van der Waals surface area contributed by atoms with Gasteiger partial charge < -0.3 is 10.4 Å². The Hall–Kier alpha value is -4.50. The summed E-state index contributed by atoms with van der Waals surface area (Å²) >= 11 is 1.62. The predicted octanol–water partition coefficient (Wildman–Crippen LogP) is 8.83. The molecule has 0 saturated heterocycles. The van der Waals surface area contributed by atoms with Crippen LogP contribution in [0.4, 0.5) is 10.8 Å². The maximum absolute atomic E-state index is 12.8. The summed E-state index contributed by atoms with van der Waals surface area (Å²) in [7, 11) is 0. The fourth-order valence-corrected chi connectivity index (χ4v) is 10.1. The van der Waals surface area contributed by atoms with Crippen LogP contribution in [0.5, 0.6) is 0 Å². The second kappa shape index (κ2) is 10.5. The number of thiazole rings is 1. The van der Waals surface area contributed by atoms with Crippen molar-refractivity contribution in [2.24, 2.45) is 23.2 Å². The smallest absolute Gasteiger partial charge is 0.340 e. The highest BCUT2D eigenvalue weighted by atomic mass is 32.1. The quantitative estimate of drug-likeness (QED) is 0.183. The number of pyridine rings is 1. The molecule has 4 bridgehead atoms. The predicted molar refractivity (Wildman–Crippen MR) is 182 cm³/mol. The molecule has 10 rings (SSSR count). The number of carbonyl (C=O) groups is 1. The molecule has 4 saturated carbocycles. The van der Waals surface area contributed by atoms with Crippen LogP contribution in [0.2, 0.25) is 0 Å². The lowest BCUT2D eigenvalue weighted by atomic mass is 9.58. The number of aromatic nitrogens is 5. The Bertz CT molecular complexity index is 2080. The first kappa shape index (κ1) is 27.8. The summed E-state index contributed by atoms with van der Waals surface area (Å²) in [4.78, 5) is 22.1. The standard InChI is InChI=1S/C37H36N6O2S/c1-22-29(19-39-43(22)21-37-16-23-6-7-24(17-37)15-25(14-23)18-37)28-12-13-42-31(20-38-34(42)33(28)35(44)45)26-8-10-27(11-9-26)40-36-41-30-4-2-3-5-32(30)46-36/h2-5,8-13,19-20,23-25H,6-7,14-18,21H2,1H3,(H,40,41)(H,44,45). The highest BCUT2D eigenvalue weighted by Gasteiger charge is 2.48. The molecular weight excluding hydrogens is 593 g/mol. The van der Waals surface area contributed by atoms with E-state index in [0.29, 0.717) is 16.6 Å². The van der Waals surface area contributed by atoms with Crippen molar-refractivity contribution in [3.05, 3.63) is 84.4 Å². The van der Waals surface area contributed by atoms with E-state index in [1.54, 1.807) is 17.5 Å². The van der Waals surface area contributed by atoms with E-state index in [9.17, 15) is 9.90 Å². The van der Waals surface area contributed by atoms with E-state index in [2.05, 4.69) is 33.0 Å². The summed E-state index contributed by atoms with van der Waals surface area (Å²) in [5, 5.41) is 19.6. The molecule has 232 valence electrons. The first-order valence-corrected chi connectivity index (χ1v) is 17.2. The number of nitrogens with one attached hydrogen (secondary N) is 1. The largest absolute Gasteiger partial charge is 0.478 e. The zero-order chi connectivity index (χ0) is 31.0. The van der Waals surface area contributed by atoms with Crippen molar-refractivity contribution in [2.45, 2.75) is 58.4 Å². The van der Waals surface area contributed by atoms with Crippen molar-refractivity contribution in [3.8, 4) is 22.4 Å². The Balaban J connectivity index is 1.01. The Morgan fingerprint density at radius 3 is 2.50 bits per heavy atom. The summed E-state index contributed by atoms with van der Waals surface area (Å²) < 4.78 is 5.18. The van der Waals surface area contributed by atoms with Crippen LogP contribution in [0.1, 0.15) is 61.0 Å². The number of imidazole rings is 1. The molecule has 0 spiro atoms. The summed E-state index contributed by atoms with van der Waals surface area (Å²) in [6.07, 6.45) is 15.1. The third kappa shape index (κ3) is 4.63. The van der Waals surface area contributed by atoms with Crippen LogP contribution in [0.15, 0.2) is 73.2 Å². The summed E-state index contributed by atoms with van der Waals surface area (Å²) in [6.45, 7) is 3.03. The zero-order valence-electron chi connectivity index (χ0n) is 25.8. The average Bonchev–Trinajstić information content (AvgIpc) is 3.71. The molecule has 2 N–H and O–H groups in total. The van der Waals surface area contributed by atoms with Crippen molar-refractivity contribution < 1.29 is 9.90 Å². The SMILES string of the molecule is Cc1c(-c2ccn3c(-c4ccc(Nc5nc6ccccc6s5)cc4)cnc3c2C(=O)O)cnn1CC12CC3CCC(CC(C3)C1)C2. The van der Waals surface area contributed by atoms with Gasteiger partial charge in [0.2, 0.25) is 0 Å². The van der Waals surface area contributed by atoms with Gasteiger partial charge in [-0.25, -0.2) is 14.8 Å². The van der Waals surface area contributed by atoms with Crippen LogP contribution in [-0.2, 0) is 6.54 Å². The number of carboxylic acid groups (broad SMARTS) is 1. The van der Waals surface area contributed by atoms with Crippen molar-refractivity contribution in [2.75, 3.05) is 5.32 Å². The Labute approximate surface area is 271 Å². The molecule has 0 radical (unpaired) electrons. The first-order chi connectivity index (χ1) is 22.4. The fraction of sp³-hybridized carbons (Fsp3) is 0.351. The van der Waals surface area contributed by atoms with Gasteiger partial charge in [-0.05, 0) is 92.5 Å². The number of rotatable bonds is 7. The number of carboxylic acids is 1. The van der Waals surface area contributed by atoms with E-state index < -0.39 is 5.97 Å². The number of benzene rings is 2. The molecule has 8 nitrogen and oxygen atoms in total. The third-order valence-electron chi connectivity index (χ3n) is 11.0. The second-order valence-electron chi connectivity index (χ2n) is 14.0. The van der Waals surface area contributed by atoms with Gasteiger partial charge >= 0.3 is 5.97 Å². The number of para-hydroxylation sites is 1. The maximum Gasteiger partial charge on any atom is 0.340 e. The van der Waals surface area contributed by atoms with Crippen LogP contribution in [0, 0.1) is 30.1 Å². The van der Waals surface area contributed by atoms with Gasteiger partial charge in [0.15, 0.2) is 10.8 Å². The minimum atomic E-state index is -0.988. The Morgan fingerprint density at radius 2 is 1.74 bits per heavy atom. The number of hydrogen-bond donors (Lipinski definition) is 2. The highest BCUT2D eigenvalue weighted by Crippen LogP contribution is 2.58. The van der Waals surface area contributed by atoms with Gasteiger partial charge in [0.25, 0.3) is 0 Å². The van der Waals surface area contributed by atoms with Crippen molar-refractivity contribution in [1.82, 2.24) is 24.1 Å². The van der Waals surface area contributed by atoms with E-state index in [1.165, 1.54) is 44.9 Å². The van der Waals surface area contributed by atoms with Crippen LogP contribution in [0.3, 0.4) is 0 Å². The van der Waals surface area contributed by atoms with E-state index >= 15 is 0 Å². The minimum Gasteiger partial charge on any atom is -0.478 e. The number of anilines is 2. The molecule has 0 aliphatic heterocycles. The maximum atomic E-state index is 12.8. The van der Waals surface area contributed by atoms with Gasteiger partial charge in [-0.15, -0.1) is 0 Å². The lowest BCUT2D eigenvalue weighted by Gasteiger charge is -2.48. The van der Waals surface area contributed by atoms with Crippen LogP contribution in [0.25, 0.3) is 38.2 Å². The summed E-state index contributed by atoms with van der Waals surface area (Å²) in [5.41, 5.74) is 7.23. The molecule has 2 atom stereocenters.